The fourth-order valence-electron chi connectivity index (χ4n) is 2.31. The average molecular weight is 385 g/mol. The fraction of sp³-hybridized carbons (Fsp3) is 0.250. The Bertz CT molecular complexity index is 819. The second-order valence-electron chi connectivity index (χ2n) is 6.01. The van der Waals surface area contributed by atoms with E-state index in [0.29, 0.717) is 29.1 Å². The molecule has 0 aliphatic rings. The maximum atomic E-state index is 12.5. The third kappa shape index (κ3) is 6.07. The molecule has 2 aromatic carbocycles. The predicted octanol–water partition coefficient (Wildman–Crippen LogP) is 3.35. The highest BCUT2D eigenvalue weighted by atomic mass is 32.1. The van der Waals surface area contributed by atoms with Gasteiger partial charge < -0.3 is 15.4 Å². The zero-order chi connectivity index (χ0) is 19.8. The molecule has 0 saturated carbocycles. The topological polar surface area (TPSA) is 79.5 Å². The summed E-state index contributed by atoms with van der Waals surface area (Å²) in [6.07, 6.45) is -0.0487. The molecular weight excluding hydrogens is 362 g/mol. The van der Waals surface area contributed by atoms with Crippen molar-refractivity contribution in [3.63, 3.8) is 0 Å². The molecule has 0 saturated heterocycles. The Morgan fingerprint density at radius 2 is 1.70 bits per heavy atom. The maximum absolute atomic E-state index is 12.5. The van der Waals surface area contributed by atoms with E-state index in [1.165, 1.54) is 0 Å². The number of carbonyl (C=O) groups is 2. The highest BCUT2D eigenvalue weighted by molar-refractivity contribution is 7.80. The van der Waals surface area contributed by atoms with Crippen molar-refractivity contribution in [2.24, 2.45) is 0 Å². The summed E-state index contributed by atoms with van der Waals surface area (Å²) in [4.78, 5) is 24.3. The molecule has 7 heteroatoms. The number of rotatable bonds is 6. The van der Waals surface area contributed by atoms with E-state index in [1.807, 2.05) is 20.8 Å². The zero-order valence-electron chi connectivity index (χ0n) is 15.5. The van der Waals surface area contributed by atoms with Crippen LogP contribution in [-0.2, 0) is 0 Å². The highest BCUT2D eigenvalue weighted by Gasteiger charge is 2.14. The Kier molecular flexibility index (Phi) is 7.31. The van der Waals surface area contributed by atoms with Crippen LogP contribution in [0.3, 0.4) is 0 Å². The van der Waals surface area contributed by atoms with Crippen molar-refractivity contribution in [2.45, 2.75) is 26.9 Å². The van der Waals surface area contributed by atoms with Crippen molar-refractivity contribution in [2.75, 3.05) is 11.9 Å². The predicted molar refractivity (Wildman–Crippen MR) is 110 cm³/mol. The lowest BCUT2D eigenvalue weighted by Gasteiger charge is -2.15. The molecule has 3 N–H and O–H groups in total. The highest BCUT2D eigenvalue weighted by Crippen LogP contribution is 2.19. The minimum Gasteiger partial charge on any atom is -0.490 e. The van der Waals surface area contributed by atoms with Gasteiger partial charge in [0.25, 0.3) is 11.8 Å². The zero-order valence-corrected chi connectivity index (χ0v) is 16.4. The van der Waals surface area contributed by atoms with Crippen molar-refractivity contribution in [1.82, 2.24) is 10.6 Å². The molecule has 2 aromatic rings. The number of thiocarbonyl (C=S) groups is 1. The van der Waals surface area contributed by atoms with Gasteiger partial charge in [-0.15, -0.1) is 0 Å². The first kappa shape index (κ1) is 20.4. The first-order valence-electron chi connectivity index (χ1n) is 8.67. The lowest BCUT2D eigenvalue weighted by Crippen LogP contribution is -2.34. The fourth-order valence-corrected chi connectivity index (χ4v) is 2.52. The first-order chi connectivity index (χ1) is 12.9. The average Bonchev–Trinajstić information content (AvgIpc) is 2.62. The van der Waals surface area contributed by atoms with Gasteiger partial charge in [0.05, 0.1) is 11.7 Å². The normalized spacial score (nSPS) is 10.2. The molecule has 27 heavy (non-hydrogen) atoms. The Labute approximate surface area is 164 Å². The molecule has 0 aromatic heterocycles. The van der Waals surface area contributed by atoms with Crippen LogP contribution in [-0.4, -0.2) is 29.6 Å². The number of amides is 2. The van der Waals surface area contributed by atoms with E-state index in [0.717, 1.165) is 0 Å². The summed E-state index contributed by atoms with van der Waals surface area (Å²) in [5, 5.41) is 8.45. The summed E-state index contributed by atoms with van der Waals surface area (Å²) in [6, 6.07) is 13.8. The second-order valence-corrected chi connectivity index (χ2v) is 6.42. The smallest absolute Gasteiger partial charge is 0.261 e. The first-order valence-corrected chi connectivity index (χ1v) is 9.07. The molecule has 0 aliphatic heterocycles. The Balaban J connectivity index is 1.99. The van der Waals surface area contributed by atoms with Crippen LogP contribution in [0, 0.1) is 0 Å². The van der Waals surface area contributed by atoms with E-state index in [2.05, 4.69) is 16.0 Å². The van der Waals surface area contributed by atoms with Crippen LogP contribution in [0.15, 0.2) is 48.5 Å². The lowest BCUT2D eigenvalue weighted by atomic mass is 10.2. The van der Waals surface area contributed by atoms with E-state index in [-0.39, 0.29) is 23.0 Å². The minimum atomic E-state index is -0.359. The van der Waals surface area contributed by atoms with E-state index in [1.54, 1.807) is 48.5 Å². The maximum Gasteiger partial charge on any atom is 0.261 e. The molecule has 0 atom stereocenters. The standard InChI is InChI=1S/C20H23N3O3S/c1-4-21-18(24)14-9-11-15(12-10-14)22-20(27)23-19(25)16-7-5-6-8-17(16)26-13(2)3/h5-13H,4H2,1-3H3,(H,21,24)(H2,22,23,25,27). The number of hydrogen-bond acceptors (Lipinski definition) is 4. The van der Waals surface area contributed by atoms with Crippen molar-refractivity contribution in [3.8, 4) is 5.75 Å². The molecule has 6 nitrogen and oxygen atoms in total. The lowest BCUT2D eigenvalue weighted by molar-refractivity contribution is 0.0952. The Hall–Kier alpha value is -2.93. The van der Waals surface area contributed by atoms with Gasteiger partial charge in [0.1, 0.15) is 5.75 Å². The van der Waals surface area contributed by atoms with Gasteiger partial charge in [0.15, 0.2) is 5.11 Å². The van der Waals surface area contributed by atoms with Crippen molar-refractivity contribution in [1.29, 1.82) is 0 Å². The number of benzene rings is 2. The Morgan fingerprint density at radius 1 is 1.04 bits per heavy atom. The summed E-state index contributed by atoms with van der Waals surface area (Å²) in [5.41, 5.74) is 1.62. The number of hydrogen-bond donors (Lipinski definition) is 3. The van der Waals surface area contributed by atoms with Gasteiger partial charge in [-0.3, -0.25) is 14.9 Å². The Morgan fingerprint density at radius 3 is 2.33 bits per heavy atom. The van der Waals surface area contributed by atoms with Gasteiger partial charge >= 0.3 is 0 Å². The van der Waals surface area contributed by atoms with Gasteiger partial charge in [-0.25, -0.2) is 0 Å². The number of carbonyl (C=O) groups excluding carboxylic acids is 2. The van der Waals surface area contributed by atoms with Crippen molar-refractivity contribution >= 4 is 34.8 Å². The van der Waals surface area contributed by atoms with Crippen LogP contribution in [0.1, 0.15) is 41.5 Å². The molecule has 0 spiro atoms. The summed E-state index contributed by atoms with van der Waals surface area (Å²) in [7, 11) is 0. The van der Waals surface area contributed by atoms with E-state index >= 15 is 0 Å². The monoisotopic (exact) mass is 385 g/mol. The van der Waals surface area contributed by atoms with Crippen LogP contribution in [0.4, 0.5) is 5.69 Å². The van der Waals surface area contributed by atoms with Crippen LogP contribution in [0.2, 0.25) is 0 Å². The molecule has 0 unspecified atom stereocenters. The molecule has 142 valence electrons. The number of anilines is 1. The number of para-hydroxylation sites is 1. The summed E-state index contributed by atoms with van der Waals surface area (Å²) >= 11 is 5.21. The summed E-state index contributed by atoms with van der Waals surface area (Å²) < 4.78 is 5.66. The number of ether oxygens (including phenoxy) is 1. The minimum absolute atomic E-state index is 0.0487. The van der Waals surface area contributed by atoms with Crippen LogP contribution in [0.5, 0.6) is 5.75 Å². The molecular formula is C20H23N3O3S. The molecule has 2 rings (SSSR count). The summed E-state index contributed by atoms with van der Waals surface area (Å²) in [5.74, 6) is 0.00321. The SMILES string of the molecule is CCNC(=O)c1ccc(NC(=S)NC(=O)c2ccccc2OC(C)C)cc1. The van der Waals surface area contributed by atoms with Gasteiger partial charge in [-0.2, -0.15) is 0 Å². The van der Waals surface area contributed by atoms with Crippen LogP contribution < -0.4 is 20.7 Å². The van der Waals surface area contributed by atoms with Crippen LogP contribution in [0.25, 0.3) is 0 Å². The second kappa shape index (κ2) is 9.68. The third-order valence-electron chi connectivity index (χ3n) is 3.46. The van der Waals surface area contributed by atoms with Crippen LogP contribution >= 0.6 is 12.2 Å². The van der Waals surface area contributed by atoms with E-state index in [9.17, 15) is 9.59 Å². The summed E-state index contributed by atoms with van der Waals surface area (Å²) in [6.45, 7) is 6.22. The number of nitrogens with one attached hydrogen (secondary N) is 3. The van der Waals surface area contributed by atoms with Crippen molar-refractivity contribution < 1.29 is 14.3 Å². The van der Waals surface area contributed by atoms with Gasteiger partial charge in [-0.05, 0) is 69.4 Å². The molecule has 0 aliphatic carbocycles. The largest absolute Gasteiger partial charge is 0.490 e. The molecule has 2 amide bonds. The molecule has 0 radical (unpaired) electrons. The quantitative estimate of drug-likeness (QED) is 0.665. The van der Waals surface area contributed by atoms with Gasteiger partial charge in [0, 0.05) is 17.8 Å². The third-order valence-corrected chi connectivity index (χ3v) is 3.67. The molecule has 0 fully saturated rings. The van der Waals surface area contributed by atoms with Gasteiger partial charge in [-0.1, -0.05) is 12.1 Å². The van der Waals surface area contributed by atoms with Crippen molar-refractivity contribution in [3.05, 3.63) is 59.7 Å². The van der Waals surface area contributed by atoms with Gasteiger partial charge in [0.2, 0.25) is 0 Å². The molecule has 0 heterocycles. The molecule has 0 bridgehead atoms. The van der Waals surface area contributed by atoms with E-state index < -0.39 is 0 Å². The van der Waals surface area contributed by atoms with E-state index in [4.69, 9.17) is 17.0 Å².